The van der Waals surface area contributed by atoms with Crippen LogP contribution in [0.5, 0.6) is 0 Å². The van der Waals surface area contributed by atoms with E-state index >= 15 is 0 Å². The van der Waals surface area contributed by atoms with Gasteiger partial charge in [0.1, 0.15) is 11.2 Å². The molecule has 0 saturated heterocycles. The van der Waals surface area contributed by atoms with Crippen LogP contribution in [0, 0.1) is 0 Å². The minimum absolute atomic E-state index is 0.0762. The van der Waals surface area contributed by atoms with Crippen molar-refractivity contribution in [1.29, 1.82) is 0 Å². The highest BCUT2D eigenvalue weighted by Crippen LogP contribution is 2.51. The summed E-state index contributed by atoms with van der Waals surface area (Å²) in [5, 5.41) is 7.24. The van der Waals surface area contributed by atoms with Crippen molar-refractivity contribution in [3.63, 3.8) is 0 Å². The van der Waals surface area contributed by atoms with E-state index in [0.29, 0.717) is 0 Å². The molecule has 0 aliphatic heterocycles. The number of anilines is 3. The molecule has 1 aliphatic carbocycles. The second kappa shape index (κ2) is 10.4. The summed E-state index contributed by atoms with van der Waals surface area (Å²) in [6.07, 6.45) is 0. The van der Waals surface area contributed by atoms with Crippen LogP contribution in [0.25, 0.3) is 65.7 Å². The second-order valence-electron chi connectivity index (χ2n) is 13.8. The number of benzene rings is 8. The first-order valence-corrected chi connectivity index (χ1v) is 17.0. The first kappa shape index (κ1) is 27.9. The van der Waals surface area contributed by atoms with Crippen LogP contribution in [0.15, 0.2) is 168 Å². The van der Waals surface area contributed by atoms with Gasteiger partial charge < -0.3 is 9.32 Å². The lowest BCUT2D eigenvalue weighted by molar-refractivity contribution is 0.647. The smallest absolute Gasteiger partial charge is 0.135 e. The predicted octanol–water partition coefficient (Wildman–Crippen LogP) is 13.3. The molecule has 0 radical (unpaired) electrons. The number of hydrogen-bond donors (Lipinski definition) is 0. The summed E-state index contributed by atoms with van der Waals surface area (Å²) in [7, 11) is 0. The fraction of sp³-hybridized carbons (Fsp3) is 0.0638. The van der Waals surface area contributed by atoms with E-state index in [-0.39, 0.29) is 5.41 Å². The van der Waals surface area contributed by atoms with Gasteiger partial charge >= 0.3 is 0 Å². The summed E-state index contributed by atoms with van der Waals surface area (Å²) in [5.41, 5.74) is 12.8. The van der Waals surface area contributed by atoms with Crippen molar-refractivity contribution in [3.8, 4) is 22.3 Å². The average Bonchev–Trinajstić information content (AvgIpc) is 3.62. The van der Waals surface area contributed by atoms with Crippen LogP contribution in [-0.4, -0.2) is 0 Å². The third-order valence-electron chi connectivity index (χ3n) is 10.6. The lowest BCUT2D eigenvalue weighted by atomic mass is 9.82. The standard InChI is InChI=1S/C47H33NO/c1-47(2)43-15-9-8-14-38(43)40-28-42-41-27-36(24-25-45(41)49-46(42)29-44(40)47)48(34-21-18-31(19-22-34)30-10-4-3-5-11-30)35-23-20-33-17-16-32-12-6-7-13-37(32)39(33)26-35/h3-29H,1-2H3. The Morgan fingerprint density at radius 3 is 1.86 bits per heavy atom. The lowest BCUT2D eigenvalue weighted by Crippen LogP contribution is -2.14. The first-order chi connectivity index (χ1) is 24.0. The van der Waals surface area contributed by atoms with Crippen LogP contribution in [0.3, 0.4) is 0 Å². The maximum atomic E-state index is 6.57. The Hall–Kier alpha value is -6.12. The zero-order valence-corrected chi connectivity index (χ0v) is 27.4. The van der Waals surface area contributed by atoms with E-state index in [1.807, 2.05) is 0 Å². The maximum Gasteiger partial charge on any atom is 0.135 e. The Morgan fingerprint density at radius 2 is 1.02 bits per heavy atom. The Balaban J connectivity index is 1.18. The summed E-state index contributed by atoms with van der Waals surface area (Å²) in [6.45, 7) is 4.63. The fourth-order valence-corrected chi connectivity index (χ4v) is 8.11. The molecule has 8 aromatic carbocycles. The molecule has 1 aromatic heterocycles. The van der Waals surface area contributed by atoms with Crippen molar-refractivity contribution in [1.82, 2.24) is 0 Å². The van der Waals surface area contributed by atoms with Crippen molar-refractivity contribution >= 4 is 60.5 Å². The number of furan rings is 1. The minimum atomic E-state index is -0.0762. The molecule has 49 heavy (non-hydrogen) atoms. The summed E-state index contributed by atoms with van der Waals surface area (Å²) in [5.74, 6) is 0. The van der Waals surface area contributed by atoms with Crippen molar-refractivity contribution in [3.05, 3.63) is 175 Å². The van der Waals surface area contributed by atoms with Crippen LogP contribution in [-0.2, 0) is 5.41 Å². The Morgan fingerprint density at radius 1 is 0.408 bits per heavy atom. The summed E-state index contributed by atoms with van der Waals surface area (Å²) < 4.78 is 6.57. The van der Waals surface area contributed by atoms with Gasteiger partial charge in [-0.05, 0) is 110 Å². The third-order valence-corrected chi connectivity index (χ3v) is 10.6. The quantitative estimate of drug-likeness (QED) is 0.181. The van der Waals surface area contributed by atoms with Gasteiger partial charge in [0, 0.05) is 33.2 Å². The van der Waals surface area contributed by atoms with E-state index in [4.69, 9.17) is 4.42 Å². The molecule has 0 bridgehead atoms. The summed E-state index contributed by atoms with van der Waals surface area (Å²) in [6, 6.07) is 59.5. The second-order valence-corrected chi connectivity index (χ2v) is 13.8. The van der Waals surface area contributed by atoms with Gasteiger partial charge in [0.05, 0.1) is 0 Å². The normalized spacial score (nSPS) is 13.3. The molecule has 0 amide bonds. The Kier molecular flexibility index (Phi) is 5.95. The molecule has 0 atom stereocenters. The van der Waals surface area contributed by atoms with Gasteiger partial charge in [-0.2, -0.15) is 0 Å². The largest absolute Gasteiger partial charge is 0.456 e. The number of rotatable bonds is 4. The SMILES string of the molecule is CC1(C)c2ccccc2-c2cc3c(cc21)oc1ccc(N(c2ccc(-c4ccccc4)cc2)c2ccc4ccc5ccccc5c4c2)cc13. The highest BCUT2D eigenvalue weighted by Gasteiger charge is 2.36. The van der Waals surface area contributed by atoms with Gasteiger partial charge in [0.25, 0.3) is 0 Å². The van der Waals surface area contributed by atoms with Crippen molar-refractivity contribution in [2.24, 2.45) is 0 Å². The third kappa shape index (κ3) is 4.27. The fourth-order valence-electron chi connectivity index (χ4n) is 8.11. The highest BCUT2D eigenvalue weighted by atomic mass is 16.3. The van der Waals surface area contributed by atoms with Gasteiger partial charge in [0.2, 0.25) is 0 Å². The van der Waals surface area contributed by atoms with Gasteiger partial charge in [-0.3, -0.25) is 0 Å². The summed E-state index contributed by atoms with van der Waals surface area (Å²) in [4.78, 5) is 2.38. The van der Waals surface area contributed by atoms with E-state index in [1.165, 1.54) is 54.9 Å². The summed E-state index contributed by atoms with van der Waals surface area (Å²) >= 11 is 0. The Labute approximate surface area is 285 Å². The van der Waals surface area contributed by atoms with E-state index in [0.717, 1.165) is 39.0 Å². The van der Waals surface area contributed by atoms with Gasteiger partial charge in [0.15, 0.2) is 0 Å². The van der Waals surface area contributed by atoms with E-state index in [2.05, 4.69) is 183 Å². The number of nitrogens with zero attached hydrogens (tertiary/aromatic N) is 1. The monoisotopic (exact) mass is 627 g/mol. The van der Waals surface area contributed by atoms with Crippen LogP contribution < -0.4 is 4.90 Å². The number of hydrogen-bond acceptors (Lipinski definition) is 2. The van der Waals surface area contributed by atoms with Crippen molar-refractivity contribution < 1.29 is 4.42 Å². The van der Waals surface area contributed by atoms with Crippen LogP contribution >= 0.6 is 0 Å². The van der Waals surface area contributed by atoms with Crippen LogP contribution in [0.1, 0.15) is 25.0 Å². The Bertz CT molecular complexity index is 2730. The molecule has 232 valence electrons. The topological polar surface area (TPSA) is 16.4 Å². The van der Waals surface area contributed by atoms with E-state index in [1.54, 1.807) is 0 Å². The maximum absolute atomic E-state index is 6.57. The molecule has 0 unspecified atom stereocenters. The van der Waals surface area contributed by atoms with Crippen molar-refractivity contribution in [2.45, 2.75) is 19.3 Å². The predicted molar refractivity (Wildman–Crippen MR) is 206 cm³/mol. The zero-order valence-electron chi connectivity index (χ0n) is 27.4. The van der Waals surface area contributed by atoms with Crippen LogP contribution in [0.2, 0.25) is 0 Å². The molecule has 9 aromatic rings. The zero-order chi connectivity index (χ0) is 32.7. The molecule has 10 rings (SSSR count). The van der Waals surface area contributed by atoms with Gasteiger partial charge in [-0.25, -0.2) is 0 Å². The molecular formula is C47H33NO. The molecule has 1 heterocycles. The van der Waals surface area contributed by atoms with Crippen LogP contribution in [0.4, 0.5) is 17.1 Å². The molecule has 0 N–H and O–H groups in total. The molecular weight excluding hydrogens is 595 g/mol. The molecule has 0 spiro atoms. The molecule has 0 saturated carbocycles. The molecule has 0 fully saturated rings. The van der Waals surface area contributed by atoms with E-state index < -0.39 is 0 Å². The molecule has 1 aliphatic rings. The minimum Gasteiger partial charge on any atom is -0.456 e. The average molecular weight is 628 g/mol. The first-order valence-electron chi connectivity index (χ1n) is 17.0. The molecule has 2 heteroatoms. The molecule has 2 nitrogen and oxygen atoms in total. The van der Waals surface area contributed by atoms with E-state index in [9.17, 15) is 0 Å². The number of fused-ring (bicyclic) bond motifs is 9. The highest BCUT2D eigenvalue weighted by molar-refractivity contribution is 6.11. The van der Waals surface area contributed by atoms with Crippen molar-refractivity contribution in [2.75, 3.05) is 4.90 Å². The van der Waals surface area contributed by atoms with Gasteiger partial charge in [-0.15, -0.1) is 0 Å². The van der Waals surface area contributed by atoms with Gasteiger partial charge in [-0.1, -0.05) is 123 Å². The lowest BCUT2D eigenvalue weighted by Gasteiger charge is -2.26.